The van der Waals surface area contributed by atoms with Crippen molar-refractivity contribution in [1.82, 2.24) is 15.0 Å². The first-order valence-electron chi connectivity index (χ1n) is 13.0. The van der Waals surface area contributed by atoms with E-state index in [1.165, 1.54) is 12.1 Å². The Balaban J connectivity index is 1.20. The molecule has 0 radical (unpaired) electrons. The van der Waals surface area contributed by atoms with Crippen LogP contribution < -0.4 is 10.0 Å². The molecule has 0 unspecified atom stereocenters. The van der Waals surface area contributed by atoms with Crippen LogP contribution >= 0.6 is 0 Å². The number of aromatic amines is 1. The second-order valence-corrected chi connectivity index (χ2v) is 11.9. The van der Waals surface area contributed by atoms with E-state index in [1.807, 2.05) is 50.2 Å². The number of H-pyrrole nitrogens is 1. The first kappa shape index (κ1) is 26.1. The third-order valence-corrected chi connectivity index (χ3v) is 9.01. The van der Waals surface area contributed by atoms with Crippen molar-refractivity contribution in [1.29, 1.82) is 0 Å². The van der Waals surface area contributed by atoms with Crippen LogP contribution in [0.2, 0.25) is 0 Å². The van der Waals surface area contributed by atoms with Gasteiger partial charge in [0, 0.05) is 34.1 Å². The van der Waals surface area contributed by atoms with Crippen LogP contribution in [0.5, 0.6) is 0 Å². The van der Waals surface area contributed by atoms with Gasteiger partial charge in [0.05, 0.1) is 10.9 Å². The Bertz CT molecular complexity index is 1560. The van der Waals surface area contributed by atoms with Gasteiger partial charge in [-0.2, -0.15) is 0 Å². The summed E-state index contributed by atoms with van der Waals surface area (Å²) in [7, 11) is -3.71. The van der Waals surface area contributed by atoms with Gasteiger partial charge in [-0.05, 0) is 81.0 Å². The predicted molar refractivity (Wildman–Crippen MR) is 147 cm³/mol. The number of hydrogen-bond acceptors (Lipinski definition) is 3. The lowest BCUT2D eigenvalue weighted by molar-refractivity contribution is -0.126. The van der Waals surface area contributed by atoms with Gasteiger partial charge in [0.25, 0.3) is 0 Å². The molecular formula is C30H32FN3O3S. The standard InChI is InChI=1S/C30H32FN3O3S/c1-19-5-3-4-6-27(19)29-17-23-11-16-26(18-28(23)33-29)38(36,37)34-25-14-9-22(10-15-25)30(35)32-20(2)21-7-12-24(31)13-8-21/h3-8,11-13,16-18,20,22,25,33-34H,9-10,14-15H2,1-2H3,(H,32,35)/t20-,22?,25?/m1/s1. The van der Waals surface area contributed by atoms with Gasteiger partial charge in [-0.25, -0.2) is 17.5 Å². The Labute approximate surface area is 222 Å². The maximum absolute atomic E-state index is 13.2. The fourth-order valence-corrected chi connectivity index (χ4v) is 6.55. The first-order valence-corrected chi connectivity index (χ1v) is 14.4. The number of halogens is 1. The molecule has 8 heteroatoms. The van der Waals surface area contributed by atoms with E-state index in [9.17, 15) is 17.6 Å². The van der Waals surface area contributed by atoms with E-state index in [0.29, 0.717) is 25.7 Å². The number of sulfonamides is 1. The summed E-state index contributed by atoms with van der Waals surface area (Å²) in [4.78, 5) is 16.4. The molecule has 1 aromatic heterocycles. The molecule has 1 amide bonds. The highest BCUT2D eigenvalue weighted by atomic mass is 32.2. The first-order chi connectivity index (χ1) is 18.2. The lowest BCUT2D eigenvalue weighted by Crippen LogP contribution is -2.41. The summed E-state index contributed by atoms with van der Waals surface area (Å²) >= 11 is 0. The van der Waals surface area contributed by atoms with Crippen molar-refractivity contribution in [3.63, 3.8) is 0 Å². The van der Waals surface area contributed by atoms with E-state index in [0.717, 1.165) is 33.3 Å². The lowest BCUT2D eigenvalue weighted by Gasteiger charge is -2.29. The van der Waals surface area contributed by atoms with Crippen LogP contribution in [0.15, 0.2) is 77.7 Å². The Morgan fingerprint density at radius 2 is 1.68 bits per heavy atom. The van der Waals surface area contributed by atoms with Crippen LogP contribution in [-0.2, 0) is 14.8 Å². The molecule has 38 heavy (non-hydrogen) atoms. The summed E-state index contributed by atoms with van der Waals surface area (Å²) in [5.41, 5.74) is 4.78. The number of amides is 1. The third kappa shape index (κ3) is 5.66. The van der Waals surface area contributed by atoms with Gasteiger partial charge < -0.3 is 10.3 Å². The van der Waals surface area contributed by atoms with Crippen molar-refractivity contribution < 1.29 is 17.6 Å². The molecule has 1 aliphatic carbocycles. The average Bonchev–Trinajstić information content (AvgIpc) is 3.33. The van der Waals surface area contributed by atoms with Gasteiger partial charge in [-0.3, -0.25) is 4.79 Å². The van der Waals surface area contributed by atoms with Crippen LogP contribution in [-0.4, -0.2) is 25.4 Å². The number of carbonyl (C=O) groups is 1. The van der Waals surface area contributed by atoms with Crippen molar-refractivity contribution >= 4 is 26.8 Å². The third-order valence-electron chi connectivity index (χ3n) is 7.49. The lowest BCUT2D eigenvalue weighted by atomic mass is 9.85. The van der Waals surface area contributed by atoms with E-state index in [2.05, 4.69) is 15.0 Å². The molecule has 1 atom stereocenters. The molecular weight excluding hydrogens is 501 g/mol. The Morgan fingerprint density at radius 1 is 0.974 bits per heavy atom. The summed E-state index contributed by atoms with van der Waals surface area (Å²) in [5, 5.41) is 3.95. The van der Waals surface area contributed by atoms with Crippen LogP contribution in [0.4, 0.5) is 4.39 Å². The second-order valence-electron chi connectivity index (χ2n) is 10.2. The number of rotatable bonds is 7. The highest BCUT2D eigenvalue weighted by molar-refractivity contribution is 7.89. The Morgan fingerprint density at radius 3 is 2.39 bits per heavy atom. The van der Waals surface area contributed by atoms with Gasteiger partial charge in [-0.1, -0.05) is 42.5 Å². The smallest absolute Gasteiger partial charge is 0.240 e. The van der Waals surface area contributed by atoms with Gasteiger partial charge in [-0.15, -0.1) is 0 Å². The zero-order valence-electron chi connectivity index (χ0n) is 21.5. The van der Waals surface area contributed by atoms with Crippen LogP contribution in [0.3, 0.4) is 0 Å². The van der Waals surface area contributed by atoms with Crippen molar-refractivity contribution in [2.75, 3.05) is 0 Å². The molecule has 1 fully saturated rings. The highest BCUT2D eigenvalue weighted by Gasteiger charge is 2.30. The summed E-state index contributed by atoms with van der Waals surface area (Å²) < 4.78 is 42.4. The number of nitrogens with one attached hydrogen (secondary N) is 3. The van der Waals surface area contributed by atoms with Crippen LogP contribution in [0.1, 0.15) is 49.8 Å². The molecule has 0 saturated heterocycles. The van der Waals surface area contributed by atoms with E-state index in [-0.39, 0.29) is 34.6 Å². The number of aromatic nitrogens is 1. The fourth-order valence-electron chi connectivity index (χ4n) is 5.22. The second kappa shape index (κ2) is 10.7. The molecule has 3 aromatic carbocycles. The Hall–Kier alpha value is -3.49. The molecule has 1 saturated carbocycles. The highest BCUT2D eigenvalue weighted by Crippen LogP contribution is 2.30. The minimum Gasteiger partial charge on any atom is -0.354 e. The quantitative estimate of drug-likeness (QED) is 0.272. The van der Waals surface area contributed by atoms with E-state index < -0.39 is 10.0 Å². The molecule has 0 aliphatic heterocycles. The topological polar surface area (TPSA) is 91.1 Å². The molecule has 1 aliphatic rings. The number of hydrogen-bond donors (Lipinski definition) is 3. The van der Waals surface area contributed by atoms with Crippen LogP contribution in [0.25, 0.3) is 22.2 Å². The zero-order chi connectivity index (χ0) is 26.9. The molecule has 4 aromatic rings. The van der Waals surface area contributed by atoms with E-state index in [4.69, 9.17) is 0 Å². The maximum Gasteiger partial charge on any atom is 0.240 e. The molecule has 1 heterocycles. The minimum atomic E-state index is -3.71. The van der Waals surface area contributed by atoms with Gasteiger partial charge >= 0.3 is 0 Å². The largest absolute Gasteiger partial charge is 0.354 e. The van der Waals surface area contributed by atoms with Crippen molar-refractivity contribution in [2.24, 2.45) is 5.92 Å². The number of aryl methyl sites for hydroxylation is 1. The van der Waals surface area contributed by atoms with Gasteiger partial charge in [0.2, 0.25) is 15.9 Å². The summed E-state index contributed by atoms with van der Waals surface area (Å²) in [6.07, 6.45) is 2.38. The van der Waals surface area contributed by atoms with E-state index >= 15 is 0 Å². The number of benzene rings is 3. The Kier molecular flexibility index (Phi) is 7.36. The maximum atomic E-state index is 13.2. The van der Waals surface area contributed by atoms with E-state index in [1.54, 1.807) is 24.3 Å². The molecule has 198 valence electrons. The predicted octanol–water partition coefficient (Wildman–Crippen LogP) is 6.00. The summed E-state index contributed by atoms with van der Waals surface area (Å²) in [6.45, 7) is 3.92. The monoisotopic (exact) mass is 533 g/mol. The zero-order valence-corrected chi connectivity index (χ0v) is 22.3. The minimum absolute atomic E-state index is 0.0511. The molecule has 0 spiro atoms. The molecule has 5 rings (SSSR count). The summed E-state index contributed by atoms with van der Waals surface area (Å²) in [6, 6.07) is 20.9. The molecule has 0 bridgehead atoms. The fraction of sp³-hybridized carbons (Fsp3) is 0.300. The average molecular weight is 534 g/mol. The number of carbonyl (C=O) groups excluding carboxylic acids is 1. The van der Waals surface area contributed by atoms with Crippen molar-refractivity contribution in [3.05, 3.63) is 89.7 Å². The van der Waals surface area contributed by atoms with Crippen molar-refractivity contribution in [3.8, 4) is 11.3 Å². The van der Waals surface area contributed by atoms with Crippen molar-refractivity contribution in [2.45, 2.75) is 56.5 Å². The van der Waals surface area contributed by atoms with Gasteiger partial charge in [0.15, 0.2) is 0 Å². The molecule has 3 N–H and O–H groups in total. The summed E-state index contributed by atoms with van der Waals surface area (Å²) in [5.74, 6) is -0.536. The number of fused-ring (bicyclic) bond motifs is 1. The van der Waals surface area contributed by atoms with Crippen LogP contribution in [0, 0.1) is 18.7 Å². The normalized spacial score (nSPS) is 18.8. The van der Waals surface area contributed by atoms with Gasteiger partial charge in [0.1, 0.15) is 5.82 Å². The SMILES string of the molecule is Cc1ccccc1-c1cc2ccc(S(=O)(=O)NC3CCC(C(=O)N[C@H](C)c4ccc(F)cc4)CC3)cc2[nH]1. The molecule has 6 nitrogen and oxygen atoms in total.